The Morgan fingerprint density at radius 2 is 1.84 bits per heavy atom. The number of carbonyl (C=O) groups is 1. The number of allylic oxidation sites excluding steroid dienone is 2. The molecular formula is C26H28O6. The minimum atomic E-state index is -0.947. The number of rotatable bonds is 4. The number of hydrogen-bond donors (Lipinski definition) is 2. The van der Waals surface area contributed by atoms with Gasteiger partial charge in [0, 0.05) is 12.7 Å². The van der Waals surface area contributed by atoms with Crippen LogP contribution >= 0.6 is 0 Å². The van der Waals surface area contributed by atoms with Crippen molar-refractivity contribution in [1.82, 2.24) is 0 Å². The number of carbonyl (C=O) groups excluding carboxylic acids is 1. The molecule has 6 nitrogen and oxygen atoms in total. The molecule has 2 aromatic rings. The van der Waals surface area contributed by atoms with Gasteiger partial charge in [-0.05, 0) is 64.0 Å². The molecule has 0 fully saturated rings. The van der Waals surface area contributed by atoms with Crippen molar-refractivity contribution in [2.24, 2.45) is 0 Å². The first-order valence-corrected chi connectivity index (χ1v) is 10.6. The summed E-state index contributed by atoms with van der Waals surface area (Å²) in [4.78, 5) is 13.5. The first-order valence-electron chi connectivity index (χ1n) is 10.6. The van der Waals surface area contributed by atoms with Crippen molar-refractivity contribution in [3.8, 4) is 23.0 Å². The molecule has 0 saturated carbocycles. The van der Waals surface area contributed by atoms with E-state index in [1.165, 1.54) is 19.2 Å². The SMILES string of the molecule is CO[C@@H]1C(=O)c2c(O)c3c(c(CC=C(C)C)c2O[C@@H]1c1ccc(O)cc1)OC(C)(C)C=C3. The third kappa shape index (κ3) is 3.75. The third-order valence-electron chi connectivity index (χ3n) is 5.74. The molecule has 2 aliphatic heterocycles. The summed E-state index contributed by atoms with van der Waals surface area (Å²) in [5, 5.41) is 20.8. The number of Topliss-reactive ketones (excluding diaryl/α,β-unsaturated/α-hetero) is 1. The first-order chi connectivity index (χ1) is 15.1. The number of hydrogen-bond acceptors (Lipinski definition) is 6. The lowest BCUT2D eigenvalue weighted by atomic mass is 9.87. The molecule has 2 aliphatic rings. The molecule has 0 aromatic heterocycles. The van der Waals surface area contributed by atoms with E-state index in [-0.39, 0.29) is 22.8 Å². The van der Waals surface area contributed by atoms with E-state index in [1.807, 2.05) is 39.8 Å². The van der Waals surface area contributed by atoms with Crippen LogP contribution in [0.4, 0.5) is 0 Å². The highest BCUT2D eigenvalue weighted by atomic mass is 16.5. The fourth-order valence-corrected chi connectivity index (χ4v) is 4.07. The van der Waals surface area contributed by atoms with E-state index in [9.17, 15) is 15.0 Å². The zero-order valence-corrected chi connectivity index (χ0v) is 18.9. The van der Waals surface area contributed by atoms with Crippen LogP contribution in [0.3, 0.4) is 0 Å². The maximum Gasteiger partial charge on any atom is 0.203 e. The van der Waals surface area contributed by atoms with Gasteiger partial charge in [0.25, 0.3) is 0 Å². The van der Waals surface area contributed by atoms with Gasteiger partial charge in [0.05, 0.1) is 5.56 Å². The monoisotopic (exact) mass is 436 g/mol. The molecule has 0 amide bonds. The lowest BCUT2D eigenvalue weighted by molar-refractivity contribution is -0.00163. The minimum absolute atomic E-state index is 0.107. The van der Waals surface area contributed by atoms with Crippen molar-refractivity contribution in [2.75, 3.05) is 7.11 Å². The van der Waals surface area contributed by atoms with Gasteiger partial charge in [-0.25, -0.2) is 0 Å². The van der Waals surface area contributed by atoms with Crippen LogP contribution in [0.25, 0.3) is 6.08 Å². The van der Waals surface area contributed by atoms with Crippen LogP contribution in [0.1, 0.15) is 60.8 Å². The average Bonchev–Trinajstić information content (AvgIpc) is 2.72. The number of phenolic OH excluding ortho intramolecular Hbond substituents is 2. The Kier molecular flexibility index (Phi) is 5.51. The number of methoxy groups -OCH3 is 1. The predicted octanol–water partition coefficient (Wildman–Crippen LogP) is 5.12. The van der Waals surface area contributed by atoms with Gasteiger partial charge in [0.15, 0.2) is 12.2 Å². The molecule has 0 bridgehead atoms. The van der Waals surface area contributed by atoms with Crippen molar-refractivity contribution in [2.45, 2.75) is 51.9 Å². The Morgan fingerprint density at radius 1 is 1.16 bits per heavy atom. The Labute approximate surface area is 187 Å². The second-order valence-corrected chi connectivity index (χ2v) is 8.95. The molecule has 0 spiro atoms. The Morgan fingerprint density at radius 3 is 2.47 bits per heavy atom. The normalized spacial score (nSPS) is 20.6. The molecule has 2 atom stereocenters. The van der Waals surface area contributed by atoms with E-state index in [0.717, 1.165) is 5.57 Å². The summed E-state index contributed by atoms with van der Waals surface area (Å²) in [6.07, 6.45) is 4.47. The molecule has 0 saturated heterocycles. The number of benzene rings is 2. The molecule has 0 unspecified atom stereocenters. The molecule has 2 heterocycles. The topological polar surface area (TPSA) is 85.2 Å². The zero-order valence-electron chi connectivity index (χ0n) is 18.9. The van der Waals surface area contributed by atoms with E-state index in [1.54, 1.807) is 18.2 Å². The number of phenols is 2. The first kappa shape index (κ1) is 22.0. The number of ketones is 1. The highest BCUT2D eigenvalue weighted by molar-refractivity contribution is 6.07. The van der Waals surface area contributed by atoms with Gasteiger partial charge in [0.2, 0.25) is 5.78 Å². The van der Waals surface area contributed by atoms with Crippen LogP contribution in [0.15, 0.2) is 42.0 Å². The summed E-state index contributed by atoms with van der Waals surface area (Å²) in [7, 11) is 1.44. The van der Waals surface area contributed by atoms with Crippen molar-refractivity contribution in [3.05, 3.63) is 64.2 Å². The Balaban J connectivity index is 1.95. The molecule has 2 N–H and O–H groups in total. The molecule has 0 radical (unpaired) electrons. The van der Waals surface area contributed by atoms with E-state index in [4.69, 9.17) is 14.2 Å². The van der Waals surface area contributed by atoms with Crippen LogP contribution in [0, 0.1) is 0 Å². The van der Waals surface area contributed by atoms with Crippen LogP contribution in [0.5, 0.6) is 23.0 Å². The van der Waals surface area contributed by atoms with Crippen LogP contribution in [-0.4, -0.2) is 34.8 Å². The largest absolute Gasteiger partial charge is 0.508 e. The van der Waals surface area contributed by atoms with E-state index in [2.05, 4.69) is 0 Å². The highest BCUT2D eigenvalue weighted by Gasteiger charge is 2.44. The number of ether oxygens (including phenoxy) is 3. The summed E-state index contributed by atoms with van der Waals surface area (Å²) >= 11 is 0. The summed E-state index contributed by atoms with van der Waals surface area (Å²) in [5.74, 6) is 0.409. The second kappa shape index (κ2) is 8.02. The van der Waals surface area contributed by atoms with E-state index < -0.39 is 17.8 Å². The molecule has 0 aliphatic carbocycles. The molecule has 168 valence electrons. The molecule has 32 heavy (non-hydrogen) atoms. The Bertz CT molecular complexity index is 1120. The van der Waals surface area contributed by atoms with E-state index in [0.29, 0.717) is 34.6 Å². The van der Waals surface area contributed by atoms with Gasteiger partial charge in [-0.15, -0.1) is 0 Å². The van der Waals surface area contributed by atoms with Gasteiger partial charge in [-0.1, -0.05) is 23.8 Å². The maximum atomic E-state index is 13.5. The summed E-state index contributed by atoms with van der Waals surface area (Å²) in [6, 6.07) is 6.47. The van der Waals surface area contributed by atoms with Gasteiger partial charge in [-0.3, -0.25) is 4.79 Å². The summed E-state index contributed by atoms with van der Waals surface area (Å²) in [5.41, 5.74) is 2.50. The predicted molar refractivity (Wildman–Crippen MR) is 122 cm³/mol. The van der Waals surface area contributed by atoms with Crippen molar-refractivity contribution in [3.63, 3.8) is 0 Å². The summed E-state index contributed by atoms with van der Waals surface area (Å²) in [6.45, 7) is 7.85. The molecular weight excluding hydrogens is 408 g/mol. The number of aromatic hydroxyl groups is 2. The standard InChI is InChI=1S/C26H28O6/c1-14(2)6-11-18-23-17(12-13-26(3,4)32-23)20(28)19-21(29)25(30-5)22(31-24(18)19)15-7-9-16(27)10-8-15/h6-10,12-13,22,25,27-28H,11H2,1-5H3/t22-,25-/m1/s1. The fraction of sp³-hybridized carbons (Fsp3) is 0.346. The van der Waals surface area contributed by atoms with Gasteiger partial charge in [0.1, 0.15) is 34.2 Å². The second-order valence-electron chi connectivity index (χ2n) is 8.95. The number of fused-ring (bicyclic) bond motifs is 2. The zero-order chi connectivity index (χ0) is 23.2. The Hall–Kier alpha value is -3.25. The molecule has 2 aromatic carbocycles. The lowest BCUT2D eigenvalue weighted by Gasteiger charge is -2.36. The third-order valence-corrected chi connectivity index (χ3v) is 5.74. The molecule has 4 rings (SSSR count). The van der Waals surface area contributed by atoms with Gasteiger partial charge < -0.3 is 24.4 Å². The average molecular weight is 437 g/mol. The smallest absolute Gasteiger partial charge is 0.203 e. The fourth-order valence-electron chi connectivity index (χ4n) is 4.07. The van der Waals surface area contributed by atoms with E-state index >= 15 is 0 Å². The quantitative estimate of drug-likeness (QED) is 0.647. The maximum absolute atomic E-state index is 13.5. The molecule has 6 heteroatoms. The highest BCUT2D eigenvalue weighted by Crippen LogP contribution is 2.51. The van der Waals surface area contributed by atoms with Gasteiger partial charge >= 0.3 is 0 Å². The van der Waals surface area contributed by atoms with Crippen LogP contribution in [-0.2, 0) is 11.2 Å². The summed E-state index contributed by atoms with van der Waals surface area (Å²) < 4.78 is 18.2. The van der Waals surface area contributed by atoms with Crippen molar-refractivity contribution >= 4 is 11.9 Å². The van der Waals surface area contributed by atoms with Crippen molar-refractivity contribution < 1.29 is 29.2 Å². The van der Waals surface area contributed by atoms with Gasteiger partial charge in [-0.2, -0.15) is 0 Å². The van der Waals surface area contributed by atoms with Crippen LogP contribution in [0.2, 0.25) is 0 Å². The lowest BCUT2D eigenvalue weighted by Crippen LogP contribution is -2.39. The minimum Gasteiger partial charge on any atom is -0.508 e. The van der Waals surface area contributed by atoms with Crippen molar-refractivity contribution in [1.29, 1.82) is 0 Å². The van der Waals surface area contributed by atoms with Crippen LogP contribution < -0.4 is 9.47 Å².